The van der Waals surface area contributed by atoms with Crippen LogP contribution in [0.5, 0.6) is 0 Å². The molecule has 0 aliphatic carbocycles. The Bertz CT molecular complexity index is 1310. The zero-order chi connectivity index (χ0) is 21.5. The average Bonchev–Trinajstić information content (AvgIpc) is 3.38. The number of hydrogen-bond acceptors (Lipinski definition) is 6. The van der Waals surface area contributed by atoms with Crippen molar-refractivity contribution in [2.45, 2.75) is 25.9 Å². The molecule has 7 nitrogen and oxygen atoms in total. The zero-order valence-electron chi connectivity index (χ0n) is 17.0. The summed E-state index contributed by atoms with van der Waals surface area (Å²) in [4.78, 5) is 22.5. The van der Waals surface area contributed by atoms with Crippen molar-refractivity contribution in [3.8, 4) is 5.69 Å². The standard InChI is InChI=1S/C23H21ClN4O3/c1-13-8-9-14(11-16(13)24)28-21(25)19(23(29)31-12-15-5-4-10-30-15)20-22(28)27-18-7-3-2-6-17(18)26-20/h2-3,6-9,11,15H,4-5,10,12,25H2,1H3/t15-/m0/s1. The number of anilines is 1. The highest BCUT2D eigenvalue weighted by Gasteiger charge is 2.27. The maximum absolute atomic E-state index is 13.1. The summed E-state index contributed by atoms with van der Waals surface area (Å²) >= 11 is 6.36. The monoisotopic (exact) mass is 436 g/mol. The summed E-state index contributed by atoms with van der Waals surface area (Å²) in [5, 5.41) is 0.593. The summed E-state index contributed by atoms with van der Waals surface area (Å²) in [7, 11) is 0. The topological polar surface area (TPSA) is 92.3 Å². The zero-order valence-corrected chi connectivity index (χ0v) is 17.7. The van der Waals surface area contributed by atoms with E-state index in [4.69, 9.17) is 36.8 Å². The van der Waals surface area contributed by atoms with Gasteiger partial charge in [0.15, 0.2) is 5.65 Å². The maximum atomic E-state index is 13.1. The second kappa shape index (κ2) is 7.83. The third-order valence-electron chi connectivity index (χ3n) is 5.54. The highest BCUT2D eigenvalue weighted by Crippen LogP contribution is 2.33. The number of esters is 1. The molecule has 2 N–H and O–H groups in total. The van der Waals surface area contributed by atoms with Crippen LogP contribution in [0.15, 0.2) is 42.5 Å². The van der Waals surface area contributed by atoms with Crippen molar-refractivity contribution < 1.29 is 14.3 Å². The molecule has 0 radical (unpaired) electrons. The van der Waals surface area contributed by atoms with Crippen LogP contribution >= 0.6 is 11.6 Å². The van der Waals surface area contributed by atoms with Crippen LogP contribution < -0.4 is 5.73 Å². The van der Waals surface area contributed by atoms with Crippen LogP contribution in [0.25, 0.3) is 27.9 Å². The minimum atomic E-state index is -0.542. The first kappa shape index (κ1) is 19.8. The van der Waals surface area contributed by atoms with E-state index in [-0.39, 0.29) is 24.1 Å². The van der Waals surface area contributed by atoms with E-state index in [1.54, 1.807) is 10.6 Å². The minimum Gasteiger partial charge on any atom is -0.459 e. The van der Waals surface area contributed by atoms with Crippen molar-refractivity contribution in [1.29, 1.82) is 0 Å². The first-order valence-corrected chi connectivity index (χ1v) is 10.5. The van der Waals surface area contributed by atoms with Gasteiger partial charge >= 0.3 is 5.97 Å². The van der Waals surface area contributed by atoms with Gasteiger partial charge < -0.3 is 15.2 Å². The van der Waals surface area contributed by atoms with E-state index in [1.165, 1.54) is 0 Å². The number of para-hydroxylation sites is 2. The highest BCUT2D eigenvalue weighted by atomic mass is 35.5. The first-order valence-electron chi connectivity index (χ1n) is 10.1. The van der Waals surface area contributed by atoms with Crippen molar-refractivity contribution in [3.63, 3.8) is 0 Å². The molecule has 0 amide bonds. The van der Waals surface area contributed by atoms with E-state index in [0.29, 0.717) is 39.5 Å². The number of carbonyl (C=O) groups excluding carboxylic acids is 1. The summed E-state index contributed by atoms with van der Waals surface area (Å²) in [6.07, 6.45) is 1.76. The van der Waals surface area contributed by atoms with Gasteiger partial charge in [-0.1, -0.05) is 29.8 Å². The maximum Gasteiger partial charge on any atom is 0.344 e. The molecule has 0 unspecified atom stereocenters. The number of aromatic nitrogens is 3. The van der Waals surface area contributed by atoms with Gasteiger partial charge in [0.25, 0.3) is 0 Å². The number of nitrogens with two attached hydrogens (primary N) is 1. The Labute approximate surface area is 183 Å². The lowest BCUT2D eigenvalue weighted by molar-refractivity contribution is 0.0163. The van der Waals surface area contributed by atoms with Crippen LogP contribution in [-0.4, -0.2) is 39.8 Å². The number of nitrogens with zero attached hydrogens (tertiary/aromatic N) is 3. The van der Waals surface area contributed by atoms with Gasteiger partial charge in [0.1, 0.15) is 23.5 Å². The van der Waals surface area contributed by atoms with Gasteiger partial charge in [0, 0.05) is 11.6 Å². The molecule has 1 aliphatic heterocycles. The number of rotatable bonds is 4. The molecule has 1 aliphatic rings. The van der Waals surface area contributed by atoms with E-state index in [9.17, 15) is 4.79 Å². The average molecular weight is 437 g/mol. The third-order valence-corrected chi connectivity index (χ3v) is 5.95. The summed E-state index contributed by atoms with van der Waals surface area (Å²) < 4.78 is 12.8. The quantitative estimate of drug-likeness (QED) is 0.475. The molecule has 0 saturated carbocycles. The van der Waals surface area contributed by atoms with Crippen molar-refractivity contribution in [1.82, 2.24) is 14.5 Å². The molecule has 1 fully saturated rings. The number of benzene rings is 2. The summed E-state index contributed by atoms with van der Waals surface area (Å²) in [6, 6.07) is 13.1. The molecule has 5 rings (SSSR count). The van der Waals surface area contributed by atoms with E-state index in [2.05, 4.69) is 0 Å². The van der Waals surface area contributed by atoms with E-state index < -0.39 is 5.97 Å². The number of halogens is 1. The van der Waals surface area contributed by atoms with E-state index >= 15 is 0 Å². The second-order valence-electron chi connectivity index (χ2n) is 7.65. The van der Waals surface area contributed by atoms with Gasteiger partial charge in [0.2, 0.25) is 0 Å². The van der Waals surface area contributed by atoms with Crippen LogP contribution in [0.1, 0.15) is 28.8 Å². The molecule has 1 saturated heterocycles. The smallest absolute Gasteiger partial charge is 0.344 e. The van der Waals surface area contributed by atoms with Crippen LogP contribution in [0.3, 0.4) is 0 Å². The Morgan fingerprint density at radius 3 is 2.74 bits per heavy atom. The number of carbonyl (C=O) groups is 1. The molecule has 8 heteroatoms. The lowest BCUT2D eigenvalue weighted by Crippen LogP contribution is -2.18. The predicted octanol–water partition coefficient (Wildman–Crippen LogP) is 4.45. The van der Waals surface area contributed by atoms with Crippen LogP contribution in [0.2, 0.25) is 5.02 Å². The molecule has 3 heterocycles. The van der Waals surface area contributed by atoms with E-state index in [1.807, 2.05) is 43.3 Å². The Morgan fingerprint density at radius 1 is 1.26 bits per heavy atom. The summed E-state index contributed by atoms with van der Waals surface area (Å²) in [6.45, 7) is 2.79. The Hall–Kier alpha value is -3.16. The summed E-state index contributed by atoms with van der Waals surface area (Å²) in [5.41, 5.74) is 10.6. The third kappa shape index (κ3) is 3.49. The molecular formula is C23H21ClN4O3. The number of nitrogen functional groups attached to an aromatic ring is 1. The number of ether oxygens (including phenoxy) is 2. The number of aryl methyl sites for hydroxylation is 1. The van der Waals surface area contributed by atoms with Crippen LogP contribution in [0, 0.1) is 6.92 Å². The molecule has 0 bridgehead atoms. The lowest BCUT2D eigenvalue weighted by atomic mass is 10.2. The Kier molecular flexibility index (Phi) is 5.00. The largest absolute Gasteiger partial charge is 0.459 e. The van der Waals surface area contributed by atoms with E-state index in [0.717, 1.165) is 18.4 Å². The van der Waals surface area contributed by atoms with Gasteiger partial charge in [0.05, 0.1) is 22.8 Å². The van der Waals surface area contributed by atoms with Crippen LogP contribution in [-0.2, 0) is 9.47 Å². The first-order chi connectivity index (χ1) is 15.0. The molecule has 2 aromatic heterocycles. The molecule has 2 aromatic carbocycles. The fourth-order valence-corrected chi connectivity index (χ4v) is 4.04. The SMILES string of the molecule is Cc1ccc(-n2c(N)c(C(=O)OC[C@@H]3CCCO3)c3nc4ccccc4nc32)cc1Cl. The van der Waals surface area contributed by atoms with Crippen LogP contribution in [0.4, 0.5) is 5.82 Å². The van der Waals surface area contributed by atoms with Crippen molar-refractivity contribution >= 4 is 45.6 Å². The van der Waals surface area contributed by atoms with Crippen molar-refractivity contribution in [2.24, 2.45) is 0 Å². The highest BCUT2D eigenvalue weighted by molar-refractivity contribution is 6.31. The Morgan fingerprint density at radius 2 is 2.03 bits per heavy atom. The van der Waals surface area contributed by atoms with Gasteiger partial charge in [-0.2, -0.15) is 0 Å². The fourth-order valence-electron chi connectivity index (χ4n) is 3.86. The van der Waals surface area contributed by atoms with Crippen molar-refractivity contribution in [3.05, 3.63) is 58.6 Å². The molecule has 1 atom stereocenters. The molecule has 0 spiro atoms. The predicted molar refractivity (Wildman–Crippen MR) is 120 cm³/mol. The number of hydrogen-bond donors (Lipinski definition) is 1. The fraction of sp³-hybridized carbons (Fsp3) is 0.261. The summed E-state index contributed by atoms with van der Waals surface area (Å²) in [5.74, 6) is -0.331. The van der Waals surface area contributed by atoms with Gasteiger partial charge in [-0.15, -0.1) is 0 Å². The minimum absolute atomic E-state index is 0.0821. The molecule has 31 heavy (non-hydrogen) atoms. The Balaban J connectivity index is 1.68. The molecular weight excluding hydrogens is 416 g/mol. The van der Waals surface area contributed by atoms with Gasteiger partial charge in [-0.05, 0) is 49.6 Å². The number of fused-ring (bicyclic) bond motifs is 2. The van der Waals surface area contributed by atoms with Gasteiger partial charge in [-0.25, -0.2) is 14.8 Å². The molecule has 4 aromatic rings. The normalized spacial score (nSPS) is 16.3. The van der Waals surface area contributed by atoms with Crippen molar-refractivity contribution in [2.75, 3.05) is 18.9 Å². The lowest BCUT2D eigenvalue weighted by Gasteiger charge is -2.11. The second-order valence-corrected chi connectivity index (χ2v) is 8.05. The molecule has 158 valence electrons. The van der Waals surface area contributed by atoms with Gasteiger partial charge in [-0.3, -0.25) is 4.57 Å².